The van der Waals surface area contributed by atoms with E-state index in [-0.39, 0.29) is 31.1 Å². The molecule has 0 radical (unpaired) electrons. The second-order valence-electron chi connectivity index (χ2n) is 21.6. The van der Waals surface area contributed by atoms with Gasteiger partial charge in [0.2, 0.25) is 0 Å². The molecule has 0 aromatic heterocycles. The van der Waals surface area contributed by atoms with Crippen LogP contribution in [0.4, 0.5) is 0 Å². The van der Waals surface area contributed by atoms with E-state index in [1.54, 1.807) is 0 Å². The Hall–Kier alpha value is -4.71. The highest BCUT2D eigenvalue weighted by Crippen LogP contribution is 2.16. The van der Waals surface area contributed by atoms with E-state index < -0.39 is 6.10 Å². The molecule has 0 aliphatic rings. The number of hydrogen-bond acceptors (Lipinski definition) is 6. The van der Waals surface area contributed by atoms with E-state index in [4.69, 9.17) is 14.2 Å². The monoisotopic (exact) mass is 1120 g/mol. The van der Waals surface area contributed by atoms with Crippen LogP contribution in [0.2, 0.25) is 0 Å². The van der Waals surface area contributed by atoms with Crippen molar-refractivity contribution >= 4 is 17.9 Å². The molecule has 0 spiro atoms. The Kier molecular flexibility index (Phi) is 63.9. The van der Waals surface area contributed by atoms with Crippen LogP contribution in [-0.4, -0.2) is 37.2 Å². The zero-order valence-corrected chi connectivity index (χ0v) is 52.5. The lowest BCUT2D eigenvalue weighted by molar-refractivity contribution is -0.167. The summed E-state index contributed by atoms with van der Waals surface area (Å²) in [5.41, 5.74) is 0. The van der Waals surface area contributed by atoms with Crippen LogP contribution in [0.15, 0.2) is 146 Å². The second-order valence-corrected chi connectivity index (χ2v) is 21.6. The molecule has 0 aliphatic carbocycles. The lowest BCUT2D eigenvalue weighted by Crippen LogP contribution is -2.30. The van der Waals surface area contributed by atoms with Gasteiger partial charge in [-0.25, -0.2) is 0 Å². The fourth-order valence-electron chi connectivity index (χ4n) is 8.92. The van der Waals surface area contributed by atoms with Gasteiger partial charge in [-0.05, 0) is 122 Å². The first-order valence-corrected chi connectivity index (χ1v) is 33.3. The second kappa shape index (κ2) is 67.8. The molecule has 81 heavy (non-hydrogen) atoms. The number of rotatable bonds is 59. The number of ether oxygens (including phenoxy) is 3. The molecule has 6 nitrogen and oxygen atoms in total. The maximum atomic E-state index is 12.9. The van der Waals surface area contributed by atoms with Gasteiger partial charge in [-0.3, -0.25) is 14.4 Å². The van der Waals surface area contributed by atoms with Gasteiger partial charge in [0.25, 0.3) is 0 Å². The number of allylic oxidation sites excluding steroid dienone is 24. The zero-order valence-electron chi connectivity index (χ0n) is 52.5. The van der Waals surface area contributed by atoms with Crippen LogP contribution in [0.3, 0.4) is 0 Å². The number of esters is 3. The van der Waals surface area contributed by atoms with Gasteiger partial charge < -0.3 is 14.2 Å². The predicted molar refractivity (Wildman–Crippen MR) is 352 cm³/mol. The summed E-state index contributed by atoms with van der Waals surface area (Å²) in [5, 5.41) is 0. The van der Waals surface area contributed by atoms with Gasteiger partial charge in [0.1, 0.15) is 13.2 Å². The molecular formula is C75H122O6. The smallest absolute Gasteiger partial charge is 0.306 e. The molecule has 0 saturated heterocycles. The van der Waals surface area contributed by atoms with E-state index in [9.17, 15) is 14.4 Å². The SMILES string of the molecule is CC/C=C\C/C=C\C/C=C\C/C=C\C/C=C\C/C=C\C/C=C\CCCCCCCC(=O)OC(COC(=O)CCCCCCCCC)COC(=O)CCCCCCCCCCCCCCC/C=C\C/C=C\C/C=C\C/C=C\C/C=C\CC. The summed E-state index contributed by atoms with van der Waals surface area (Å²) in [6, 6.07) is 0. The predicted octanol–water partition coefficient (Wildman–Crippen LogP) is 23.1. The normalized spacial score (nSPS) is 13.1. The third kappa shape index (κ3) is 66.0. The van der Waals surface area contributed by atoms with Crippen molar-refractivity contribution in [1.82, 2.24) is 0 Å². The Balaban J connectivity index is 4.19. The summed E-state index contributed by atoms with van der Waals surface area (Å²) in [5.74, 6) is -0.914. The molecule has 458 valence electrons. The lowest BCUT2D eigenvalue weighted by Gasteiger charge is -2.18. The van der Waals surface area contributed by atoms with Gasteiger partial charge in [-0.1, -0.05) is 295 Å². The van der Waals surface area contributed by atoms with E-state index in [0.29, 0.717) is 19.3 Å². The quantitative estimate of drug-likeness (QED) is 0.0261. The van der Waals surface area contributed by atoms with Crippen LogP contribution in [0.25, 0.3) is 0 Å². The number of hydrogen-bond donors (Lipinski definition) is 0. The van der Waals surface area contributed by atoms with Gasteiger partial charge in [0, 0.05) is 19.3 Å². The largest absolute Gasteiger partial charge is 0.462 e. The summed E-state index contributed by atoms with van der Waals surface area (Å²) in [7, 11) is 0. The van der Waals surface area contributed by atoms with Crippen LogP contribution in [0.1, 0.15) is 290 Å². The topological polar surface area (TPSA) is 78.9 Å². The standard InChI is InChI=1S/C75H122O6/c1-4-7-10-13-16-18-20-22-24-26-28-30-32-34-36-37-39-40-42-44-46-48-50-52-54-56-59-62-65-68-74(77)80-71-72(70-79-73(76)67-64-61-58-15-12-9-6-3)81-75(78)69-66-63-60-57-55-53-51-49-47-45-43-41-38-35-33-31-29-27-25-23-21-19-17-14-11-8-5-2/h7-8,10-11,16-19,22-25,28-31,34-36,38,43,45,49,51,72H,4-6,9,12-15,20-21,26-27,32-33,37,39-42,44,46-48,50,52-71H2,1-3H3/b10-7-,11-8-,18-16-,19-17-,24-22-,25-23-,30-28-,31-29-,36-34-,38-35-,45-43-,51-49-. The van der Waals surface area contributed by atoms with Gasteiger partial charge >= 0.3 is 17.9 Å². The van der Waals surface area contributed by atoms with Crippen LogP contribution in [0, 0.1) is 0 Å². The molecule has 0 fully saturated rings. The van der Waals surface area contributed by atoms with Crippen molar-refractivity contribution in [2.75, 3.05) is 13.2 Å². The van der Waals surface area contributed by atoms with E-state index in [0.717, 1.165) is 154 Å². The minimum Gasteiger partial charge on any atom is -0.462 e. The highest BCUT2D eigenvalue weighted by molar-refractivity contribution is 5.71. The highest BCUT2D eigenvalue weighted by Gasteiger charge is 2.19. The van der Waals surface area contributed by atoms with Gasteiger partial charge in [0.05, 0.1) is 0 Å². The molecule has 1 unspecified atom stereocenters. The molecule has 6 heteroatoms. The van der Waals surface area contributed by atoms with E-state index in [1.807, 2.05) is 0 Å². The fourth-order valence-corrected chi connectivity index (χ4v) is 8.92. The molecule has 0 amide bonds. The first kappa shape index (κ1) is 76.3. The summed E-state index contributed by atoms with van der Waals surface area (Å²) in [6.07, 6.45) is 97.4. The molecule has 0 aliphatic heterocycles. The Bertz CT molecular complexity index is 1760. The minimum atomic E-state index is -0.792. The zero-order chi connectivity index (χ0) is 58.5. The minimum absolute atomic E-state index is 0.0889. The third-order valence-electron chi connectivity index (χ3n) is 13.8. The van der Waals surface area contributed by atoms with Gasteiger partial charge in [-0.2, -0.15) is 0 Å². The van der Waals surface area contributed by atoms with Crippen LogP contribution >= 0.6 is 0 Å². The Labute approximate surface area is 499 Å². The van der Waals surface area contributed by atoms with E-state index in [1.165, 1.54) is 96.3 Å². The van der Waals surface area contributed by atoms with Crippen LogP contribution in [-0.2, 0) is 28.6 Å². The average Bonchev–Trinajstić information content (AvgIpc) is 3.46. The maximum Gasteiger partial charge on any atom is 0.306 e. The Morgan fingerprint density at radius 2 is 0.481 bits per heavy atom. The highest BCUT2D eigenvalue weighted by atomic mass is 16.6. The summed E-state index contributed by atoms with van der Waals surface area (Å²) in [6.45, 7) is 6.36. The molecule has 0 aromatic rings. The van der Waals surface area contributed by atoms with E-state index >= 15 is 0 Å². The van der Waals surface area contributed by atoms with Crippen molar-refractivity contribution in [2.24, 2.45) is 0 Å². The molecule has 0 N–H and O–H groups in total. The first-order chi connectivity index (χ1) is 40.0. The summed E-state index contributed by atoms with van der Waals surface area (Å²) >= 11 is 0. The van der Waals surface area contributed by atoms with Crippen LogP contribution in [0.5, 0.6) is 0 Å². The van der Waals surface area contributed by atoms with Gasteiger partial charge in [-0.15, -0.1) is 0 Å². The van der Waals surface area contributed by atoms with Gasteiger partial charge in [0.15, 0.2) is 6.10 Å². The number of carbonyl (C=O) groups is 3. The maximum absolute atomic E-state index is 12.9. The molecule has 0 saturated carbocycles. The molecule has 0 aromatic carbocycles. The Morgan fingerprint density at radius 3 is 0.753 bits per heavy atom. The summed E-state index contributed by atoms with van der Waals surface area (Å²) < 4.78 is 16.8. The van der Waals surface area contributed by atoms with E-state index in [2.05, 4.69) is 167 Å². The fraction of sp³-hybridized carbons (Fsp3) is 0.640. The van der Waals surface area contributed by atoms with Crippen molar-refractivity contribution in [2.45, 2.75) is 297 Å². The van der Waals surface area contributed by atoms with Crippen molar-refractivity contribution in [3.63, 3.8) is 0 Å². The Morgan fingerprint density at radius 1 is 0.259 bits per heavy atom. The van der Waals surface area contributed by atoms with Crippen molar-refractivity contribution in [1.29, 1.82) is 0 Å². The first-order valence-electron chi connectivity index (χ1n) is 33.3. The number of unbranched alkanes of at least 4 members (excludes halogenated alkanes) is 24. The third-order valence-corrected chi connectivity index (χ3v) is 13.8. The molecular weight excluding hydrogens is 997 g/mol. The lowest BCUT2D eigenvalue weighted by atomic mass is 10.0. The molecule has 0 heterocycles. The number of carbonyl (C=O) groups excluding carboxylic acids is 3. The molecule has 0 bridgehead atoms. The van der Waals surface area contributed by atoms with Crippen molar-refractivity contribution in [3.8, 4) is 0 Å². The molecule has 1 atom stereocenters. The van der Waals surface area contributed by atoms with Crippen molar-refractivity contribution in [3.05, 3.63) is 146 Å². The summed E-state index contributed by atoms with van der Waals surface area (Å²) in [4.78, 5) is 38.1. The molecule has 0 rings (SSSR count). The average molecular weight is 1120 g/mol. The van der Waals surface area contributed by atoms with Crippen molar-refractivity contribution < 1.29 is 28.6 Å². The van der Waals surface area contributed by atoms with Crippen LogP contribution < -0.4 is 0 Å².